The maximum Gasteiger partial charge on any atom is 0.273 e. The van der Waals surface area contributed by atoms with Crippen molar-refractivity contribution in [2.45, 2.75) is 76.8 Å². The lowest BCUT2D eigenvalue weighted by molar-refractivity contribution is 0.0937. The van der Waals surface area contributed by atoms with Crippen molar-refractivity contribution in [2.75, 3.05) is 24.8 Å². The molecule has 8 nitrogen and oxygen atoms in total. The first kappa shape index (κ1) is 31.1. The molecule has 1 saturated carbocycles. The van der Waals surface area contributed by atoms with Gasteiger partial charge < -0.3 is 15.4 Å². The van der Waals surface area contributed by atoms with Crippen LogP contribution in [0.2, 0.25) is 5.02 Å². The summed E-state index contributed by atoms with van der Waals surface area (Å²) in [6.07, 6.45) is 0.634. The zero-order valence-corrected chi connectivity index (χ0v) is 24.1. The molecule has 2 N–H and O–H groups in total. The SMILES string of the molecule is CCn1nc(C(=O)NCC2CCC(S(C)(=O)=O)CC2)c(Cl)c1-c1ccc(NC(CF)C(F)F)cc1OC(C)C. The van der Waals surface area contributed by atoms with Gasteiger partial charge in [0, 0.05) is 36.7 Å². The van der Waals surface area contributed by atoms with Crippen molar-refractivity contribution in [3.05, 3.63) is 28.9 Å². The summed E-state index contributed by atoms with van der Waals surface area (Å²) >= 11 is 6.69. The number of halogens is 4. The number of hydrogen-bond donors (Lipinski definition) is 2. The fraction of sp³-hybridized carbons (Fsp3) is 0.615. The predicted octanol–water partition coefficient (Wildman–Crippen LogP) is 5.36. The van der Waals surface area contributed by atoms with Gasteiger partial charge in [0.15, 0.2) is 5.69 Å². The van der Waals surface area contributed by atoms with Crippen LogP contribution in [0.15, 0.2) is 18.2 Å². The number of anilines is 1. The highest BCUT2D eigenvalue weighted by Crippen LogP contribution is 2.39. The summed E-state index contributed by atoms with van der Waals surface area (Å²) in [6, 6.07) is 2.96. The molecule has 0 radical (unpaired) electrons. The Morgan fingerprint density at radius 1 is 1.23 bits per heavy atom. The van der Waals surface area contributed by atoms with Gasteiger partial charge in [-0.3, -0.25) is 9.48 Å². The van der Waals surface area contributed by atoms with Crippen molar-refractivity contribution in [3.63, 3.8) is 0 Å². The van der Waals surface area contributed by atoms with Gasteiger partial charge in [-0.15, -0.1) is 0 Å². The normalized spacial score (nSPS) is 18.8. The van der Waals surface area contributed by atoms with Gasteiger partial charge in [-0.2, -0.15) is 5.10 Å². The van der Waals surface area contributed by atoms with E-state index in [0.717, 1.165) is 0 Å². The lowest BCUT2D eigenvalue weighted by atomic mass is 9.89. The Bertz CT molecular complexity index is 1250. The Hall–Kier alpha value is -2.47. The van der Waals surface area contributed by atoms with E-state index in [0.29, 0.717) is 55.8 Å². The number of benzene rings is 1. The first-order valence-corrected chi connectivity index (χ1v) is 15.3. The molecule has 13 heteroatoms. The second kappa shape index (κ2) is 13.3. The van der Waals surface area contributed by atoms with E-state index < -0.39 is 34.9 Å². The van der Waals surface area contributed by atoms with Crippen molar-refractivity contribution in [1.29, 1.82) is 0 Å². The van der Waals surface area contributed by atoms with Crippen LogP contribution in [0.4, 0.5) is 18.9 Å². The molecule has 1 aromatic heterocycles. The highest BCUT2D eigenvalue weighted by molar-refractivity contribution is 7.91. The second-order valence-electron chi connectivity index (χ2n) is 10.1. The molecule has 218 valence electrons. The number of carbonyl (C=O) groups is 1. The summed E-state index contributed by atoms with van der Waals surface area (Å²) in [5.41, 5.74) is 1.21. The first-order valence-electron chi connectivity index (χ1n) is 13.0. The van der Waals surface area contributed by atoms with Gasteiger partial charge >= 0.3 is 0 Å². The highest BCUT2D eigenvalue weighted by atomic mass is 35.5. The monoisotopic (exact) mass is 592 g/mol. The van der Waals surface area contributed by atoms with Crippen LogP contribution in [0.3, 0.4) is 0 Å². The molecule has 3 rings (SSSR count). The molecule has 2 aromatic rings. The van der Waals surface area contributed by atoms with E-state index in [1.165, 1.54) is 18.4 Å². The van der Waals surface area contributed by atoms with Crippen molar-refractivity contribution >= 4 is 33.0 Å². The van der Waals surface area contributed by atoms with E-state index >= 15 is 0 Å². The number of carbonyl (C=O) groups excluding carboxylic acids is 1. The standard InChI is InChI=1S/C26H36ClF3N4O4S/c1-5-34-24(19-11-8-17(12-21(19)38-15(2)3)32-20(13-28)25(29)30)22(27)23(33-34)26(35)31-14-16-6-9-18(10-7-16)39(4,36)37/h8,11-12,15-16,18,20,25,32H,5-7,9-10,13-14H2,1-4H3,(H,31,35). The summed E-state index contributed by atoms with van der Waals surface area (Å²) < 4.78 is 70.3. The first-order chi connectivity index (χ1) is 18.3. The van der Waals surface area contributed by atoms with Gasteiger partial charge in [-0.25, -0.2) is 21.6 Å². The van der Waals surface area contributed by atoms with Crippen molar-refractivity contribution in [1.82, 2.24) is 15.1 Å². The summed E-state index contributed by atoms with van der Waals surface area (Å²) in [5.74, 6) is 0.0184. The molecule has 1 aromatic carbocycles. The van der Waals surface area contributed by atoms with Crippen molar-refractivity contribution in [3.8, 4) is 17.0 Å². The molecule has 1 unspecified atom stereocenters. The van der Waals surface area contributed by atoms with Crippen LogP contribution in [-0.4, -0.2) is 67.4 Å². The van der Waals surface area contributed by atoms with Gasteiger partial charge in [0.2, 0.25) is 0 Å². The third-order valence-electron chi connectivity index (χ3n) is 6.78. The number of nitrogens with zero attached hydrogens (tertiary/aromatic N) is 2. The van der Waals surface area contributed by atoms with Crippen LogP contribution in [0.5, 0.6) is 5.75 Å². The Balaban J connectivity index is 1.83. The van der Waals surface area contributed by atoms with Crippen LogP contribution in [0, 0.1) is 5.92 Å². The average Bonchev–Trinajstić information content (AvgIpc) is 3.21. The molecule has 1 amide bonds. The number of aryl methyl sites for hydroxylation is 1. The molecule has 0 aliphatic heterocycles. The van der Waals surface area contributed by atoms with Gasteiger partial charge in [0.25, 0.3) is 12.3 Å². The molecular formula is C26H36ClF3N4O4S. The molecule has 0 bridgehead atoms. The van der Waals surface area contributed by atoms with E-state index in [-0.39, 0.29) is 33.7 Å². The number of aromatic nitrogens is 2. The van der Waals surface area contributed by atoms with Gasteiger partial charge in [-0.05, 0) is 64.5 Å². The fourth-order valence-electron chi connectivity index (χ4n) is 4.70. The van der Waals surface area contributed by atoms with Crippen LogP contribution in [0.25, 0.3) is 11.3 Å². The number of amides is 1. The Labute approximate surface area is 232 Å². The Morgan fingerprint density at radius 2 is 1.90 bits per heavy atom. The van der Waals surface area contributed by atoms with Gasteiger partial charge in [0.05, 0.1) is 22.1 Å². The lowest BCUT2D eigenvalue weighted by Gasteiger charge is -2.27. The number of alkyl halides is 3. The third-order valence-corrected chi connectivity index (χ3v) is 8.82. The Kier molecular flexibility index (Phi) is 10.6. The van der Waals surface area contributed by atoms with E-state index in [9.17, 15) is 26.4 Å². The van der Waals surface area contributed by atoms with E-state index in [2.05, 4.69) is 15.7 Å². The topological polar surface area (TPSA) is 102 Å². The van der Waals surface area contributed by atoms with Crippen LogP contribution in [-0.2, 0) is 16.4 Å². The zero-order valence-electron chi connectivity index (χ0n) is 22.5. The summed E-state index contributed by atoms with van der Waals surface area (Å²) in [6.45, 7) is 4.95. The van der Waals surface area contributed by atoms with E-state index in [4.69, 9.17) is 16.3 Å². The van der Waals surface area contributed by atoms with Gasteiger partial charge in [-0.1, -0.05) is 11.6 Å². The van der Waals surface area contributed by atoms with Crippen LogP contribution in [0.1, 0.15) is 56.9 Å². The summed E-state index contributed by atoms with van der Waals surface area (Å²) in [4.78, 5) is 13.1. The van der Waals surface area contributed by atoms with Crippen LogP contribution < -0.4 is 15.4 Å². The number of ether oxygens (including phenoxy) is 1. The smallest absolute Gasteiger partial charge is 0.273 e. The fourth-order valence-corrected chi connectivity index (χ4v) is 6.15. The molecule has 0 spiro atoms. The molecule has 1 atom stereocenters. The number of nitrogens with one attached hydrogen (secondary N) is 2. The molecule has 1 aliphatic carbocycles. The molecule has 0 saturated heterocycles. The largest absolute Gasteiger partial charge is 0.490 e. The lowest BCUT2D eigenvalue weighted by Crippen LogP contribution is -2.34. The quantitative estimate of drug-likeness (QED) is 0.344. The molecular weight excluding hydrogens is 557 g/mol. The maximum atomic E-state index is 13.1. The maximum absolute atomic E-state index is 13.1. The zero-order chi connectivity index (χ0) is 28.9. The highest BCUT2D eigenvalue weighted by Gasteiger charge is 2.29. The van der Waals surface area contributed by atoms with Gasteiger partial charge in [0.1, 0.15) is 28.3 Å². The van der Waals surface area contributed by atoms with Crippen LogP contribution >= 0.6 is 11.6 Å². The number of hydrogen-bond acceptors (Lipinski definition) is 6. The minimum atomic E-state index is -3.07. The Morgan fingerprint density at radius 3 is 2.44 bits per heavy atom. The molecule has 39 heavy (non-hydrogen) atoms. The summed E-state index contributed by atoms with van der Waals surface area (Å²) in [5, 5.41) is 9.56. The van der Waals surface area contributed by atoms with Crippen molar-refractivity contribution < 1.29 is 31.1 Å². The molecule has 1 fully saturated rings. The summed E-state index contributed by atoms with van der Waals surface area (Å²) in [7, 11) is -3.07. The number of sulfone groups is 1. The minimum Gasteiger partial charge on any atom is -0.490 e. The van der Waals surface area contributed by atoms with Crippen molar-refractivity contribution in [2.24, 2.45) is 5.92 Å². The minimum absolute atomic E-state index is 0.0335. The average molecular weight is 593 g/mol. The molecule has 1 heterocycles. The van der Waals surface area contributed by atoms with E-state index in [1.54, 1.807) is 24.6 Å². The van der Waals surface area contributed by atoms with E-state index in [1.807, 2.05) is 6.92 Å². The second-order valence-corrected chi connectivity index (χ2v) is 12.8. The number of rotatable bonds is 12. The molecule has 1 aliphatic rings. The predicted molar refractivity (Wildman–Crippen MR) is 146 cm³/mol. The third kappa shape index (κ3) is 7.81.